The number of anilines is 1. The molecule has 4 rings (SSSR count). The zero-order chi connectivity index (χ0) is 25.8. The molecule has 1 N–H and O–H groups in total. The van der Waals surface area contributed by atoms with Gasteiger partial charge in [0, 0.05) is 18.0 Å². The monoisotopic (exact) mass is 515 g/mol. The molecular weight excluding hydrogens is 495 g/mol. The van der Waals surface area contributed by atoms with E-state index in [1.54, 1.807) is 55.6 Å². The van der Waals surface area contributed by atoms with Crippen molar-refractivity contribution in [2.75, 3.05) is 11.8 Å². The third-order valence-corrected chi connectivity index (χ3v) is 6.50. The summed E-state index contributed by atoms with van der Waals surface area (Å²) in [5.74, 6) is 1.17. The maximum atomic E-state index is 13.4. The maximum Gasteiger partial charge on any atom is 0.417 e. The smallest absolute Gasteiger partial charge is 0.417 e. The van der Waals surface area contributed by atoms with Crippen molar-refractivity contribution in [1.29, 1.82) is 0 Å². The molecule has 0 aliphatic rings. The van der Waals surface area contributed by atoms with Crippen LogP contribution >= 0.6 is 0 Å². The summed E-state index contributed by atoms with van der Waals surface area (Å²) in [7, 11) is -3.04. The molecule has 7 nitrogen and oxygen atoms in total. The number of nitrogens with zero attached hydrogens (tertiary/aromatic N) is 2. The van der Waals surface area contributed by atoms with Crippen LogP contribution in [0, 0.1) is 0 Å². The quantitative estimate of drug-likeness (QED) is 0.331. The van der Waals surface area contributed by atoms with Gasteiger partial charge in [-0.25, -0.2) is 13.4 Å². The Morgan fingerprint density at radius 3 is 2.17 bits per heavy atom. The van der Waals surface area contributed by atoms with Crippen LogP contribution in [0.3, 0.4) is 0 Å². The summed E-state index contributed by atoms with van der Waals surface area (Å²) in [6, 6.07) is 18.0. The number of hydrogen-bond acceptors (Lipinski definition) is 6. The number of methoxy groups -OCH3 is 1. The second-order valence-electron chi connectivity index (χ2n) is 7.51. The number of nitrogens with one attached hydrogen (secondary N) is 1. The number of alkyl halides is 3. The van der Waals surface area contributed by atoms with Crippen LogP contribution in [0.1, 0.15) is 11.1 Å². The first-order chi connectivity index (χ1) is 17.2. The number of sulfonamides is 1. The number of hydrogen-bond donors (Lipinski definition) is 1. The minimum absolute atomic E-state index is 0.160. The van der Waals surface area contributed by atoms with Crippen molar-refractivity contribution >= 4 is 15.8 Å². The van der Waals surface area contributed by atoms with Gasteiger partial charge in [0.1, 0.15) is 23.8 Å². The minimum atomic E-state index is -4.85. The van der Waals surface area contributed by atoms with Gasteiger partial charge in [0.2, 0.25) is 0 Å². The fourth-order valence-electron chi connectivity index (χ4n) is 3.34. The van der Waals surface area contributed by atoms with Gasteiger partial charge in [0.05, 0.1) is 17.6 Å². The predicted molar refractivity (Wildman–Crippen MR) is 127 cm³/mol. The molecule has 0 aliphatic carbocycles. The summed E-state index contributed by atoms with van der Waals surface area (Å²) in [4.78, 5) is 7.28. The number of benzene rings is 3. The Hall–Kier alpha value is -4.12. The Morgan fingerprint density at radius 2 is 1.50 bits per heavy atom. The van der Waals surface area contributed by atoms with Crippen molar-refractivity contribution in [3.05, 3.63) is 96.3 Å². The van der Waals surface area contributed by atoms with Crippen LogP contribution in [0.15, 0.2) is 90.1 Å². The first-order valence-corrected chi connectivity index (χ1v) is 12.0. The minimum Gasteiger partial charge on any atom is -0.497 e. The third-order valence-electron chi connectivity index (χ3n) is 5.10. The molecule has 4 aromatic rings. The molecule has 36 heavy (non-hydrogen) atoms. The molecule has 0 fully saturated rings. The van der Waals surface area contributed by atoms with E-state index in [0.29, 0.717) is 23.1 Å². The highest BCUT2D eigenvalue weighted by Crippen LogP contribution is 2.35. The van der Waals surface area contributed by atoms with Crippen molar-refractivity contribution in [1.82, 2.24) is 9.97 Å². The van der Waals surface area contributed by atoms with Crippen molar-refractivity contribution in [2.45, 2.75) is 17.7 Å². The fraction of sp³-hybridized carbons (Fsp3) is 0.120. The van der Waals surface area contributed by atoms with Gasteiger partial charge in [-0.05, 0) is 42.0 Å². The van der Waals surface area contributed by atoms with E-state index in [0.717, 1.165) is 17.7 Å². The molecular formula is C25H20F3N3O4S. The van der Waals surface area contributed by atoms with Crippen LogP contribution in [0.5, 0.6) is 11.5 Å². The van der Waals surface area contributed by atoms with Crippen molar-refractivity contribution in [2.24, 2.45) is 0 Å². The number of rotatable bonds is 8. The molecule has 186 valence electrons. The van der Waals surface area contributed by atoms with Crippen LogP contribution < -0.4 is 14.2 Å². The lowest BCUT2D eigenvalue weighted by molar-refractivity contribution is -0.139. The van der Waals surface area contributed by atoms with Gasteiger partial charge >= 0.3 is 6.18 Å². The molecule has 0 radical (unpaired) electrons. The van der Waals surface area contributed by atoms with Gasteiger partial charge in [-0.15, -0.1) is 0 Å². The maximum absolute atomic E-state index is 13.4. The van der Waals surface area contributed by atoms with Gasteiger partial charge < -0.3 is 9.47 Å². The third kappa shape index (κ3) is 5.74. The lowest BCUT2D eigenvalue weighted by Gasteiger charge is -2.15. The SMILES string of the molecule is COc1ccc(OCc2ccc(-c3nccnc3NS(=O)(=O)c3ccccc3C(F)(F)F)cc2)cc1. The molecule has 0 unspecified atom stereocenters. The van der Waals surface area contributed by atoms with Crippen molar-refractivity contribution in [3.63, 3.8) is 0 Å². The normalized spacial score (nSPS) is 11.7. The van der Waals surface area contributed by atoms with E-state index in [-0.39, 0.29) is 18.1 Å². The second-order valence-corrected chi connectivity index (χ2v) is 9.16. The summed E-state index contributed by atoms with van der Waals surface area (Å²) >= 11 is 0. The fourth-order valence-corrected chi connectivity index (χ4v) is 4.58. The van der Waals surface area contributed by atoms with Gasteiger partial charge in [-0.3, -0.25) is 9.71 Å². The standard InChI is InChI=1S/C25H20F3N3O4S/c1-34-19-10-12-20(13-11-19)35-16-17-6-8-18(9-7-17)23-24(30-15-14-29-23)31-36(32,33)22-5-3-2-4-21(22)25(26,27)28/h2-15H,16H2,1H3,(H,30,31). The molecule has 0 amide bonds. The number of ether oxygens (including phenoxy) is 2. The van der Waals surface area contributed by atoms with Gasteiger partial charge in [0.15, 0.2) is 5.82 Å². The zero-order valence-electron chi connectivity index (χ0n) is 18.9. The van der Waals surface area contributed by atoms with E-state index in [9.17, 15) is 21.6 Å². The average molecular weight is 516 g/mol. The van der Waals surface area contributed by atoms with E-state index in [1.807, 2.05) is 0 Å². The van der Waals surface area contributed by atoms with Crippen LogP contribution in [-0.4, -0.2) is 25.5 Å². The van der Waals surface area contributed by atoms with E-state index < -0.39 is 26.7 Å². The highest BCUT2D eigenvalue weighted by molar-refractivity contribution is 7.92. The molecule has 0 atom stereocenters. The predicted octanol–water partition coefficient (Wildman–Crippen LogP) is 5.55. The highest BCUT2D eigenvalue weighted by Gasteiger charge is 2.37. The first-order valence-electron chi connectivity index (χ1n) is 10.5. The Labute approximate surface area is 205 Å². The van der Waals surface area contributed by atoms with E-state index in [2.05, 4.69) is 14.7 Å². The van der Waals surface area contributed by atoms with Crippen LogP contribution in [0.25, 0.3) is 11.3 Å². The summed E-state index contributed by atoms with van der Waals surface area (Å²) in [6.45, 7) is 0.279. The van der Waals surface area contributed by atoms with Crippen molar-refractivity contribution < 1.29 is 31.1 Å². The Morgan fingerprint density at radius 1 is 0.861 bits per heavy atom. The lowest BCUT2D eigenvalue weighted by atomic mass is 10.1. The Bertz CT molecular complexity index is 1440. The average Bonchev–Trinajstić information content (AvgIpc) is 2.88. The molecule has 0 saturated carbocycles. The first kappa shape index (κ1) is 25.0. The lowest BCUT2D eigenvalue weighted by Crippen LogP contribution is -2.20. The zero-order valence-corrected chi connectivity index (χ0v) is 19.7. The van der Waals surface area contributed by atoms with E-state index in [1.165, 1.54) is 18.5 Å². The van der Waals surface area contributed by atoms with Crippen LogP contribution in [0.2, 0.25) is 0 Å². The molecule has 1 heterocycles. The summed E-state index contributed by atoms with van der Waals surface area (Å²) in [5, 5.41) is 0. The molecule has 0 bridgehead atoms. The largest absolute Gasteiger partial charge is 0.497 e. The van der Waals surface area contributed by atoms with Gasteiger partial charge in [0.25, 0.3) is 10.0 Å². The Kier molecular flexibility index (Phi) is 7.11. The van der Waals surface area contributed by atoms with E-state index >= 15 is 0 Å². The summed E-state index contributed by atoms with van der Waals surface area (Å²) in [5.41, 5.74) is 0.232. The van der Waals surface area contributed by atoms with Gasteiger partial charge in [-0.1, -0.05) is 36.4 Å². The molecule has 1 aromatic heterocycles. The Balaban J connectivity index is 1.54. The molecule has 0 spiro atoms. The van der Waals surface area contributed by atoms with Gasteiger partial charge in [-0.2, -0.15) is 13.2 Å². The molecule has 0 aliphatic heterocycles. The highest BCUT2D eigenvalue weighted by atomic mass is 32.2. The van der Waals surface area contributed by atoms with Crippen LogP contribution in [0.4, 0.5) is 19.0 Å². The van der Waals surface area contributed by atoms with Crippen LogP contribution in [-0.2, 0) is 22.8 Å². The molecule has 11 heteroatoms. The topological polar surface area (TPSA) is 90.4 Å². The number of halogens is 3. The second kappa shape index (κ2) is 10.2. The summed E-state index contributed by atoms with van der Waals surface area (Å²) < 4.78 is 78.8. The molecule has 0 saturated heterocycles. The summed E-state index contributed by atoms with van der Waals surface area (Å²) in [6.07, 6.45) is -2.24. The molecule has 3 aromatic carbocycles. The number of aromatic nitrogens is 2. The van der Waals surface area contributed by atoms with E-state index in [4.69, 9.17) is 9.47 Å². The van der Waals surface area contributed by atoms with Crippen molar-refractivity contribution in [3.8, 4) is 22.8 Å².